The summed E-state index contributed by atoms with van der Waals surface area (Å²) in [7, 11) is 0. The van der Waals surface area contributed by atoms with Crippen molar-refractivity contribution < 1.29 is 14.5 Å². The van der Waals surface area contributed by atoms with Crippen molar-refractivity contribution >= 4 is 6.09 Å². The van der Waals surface area contributed by atoms with E-state index in [1.165, 1.54) is 6.08 Å². The van der Waals surface area contributed by atoms with Crippen LogP contribution in [0.4, 0.5) is 4.79 Å². The van der Waals surface area contributed by atoms with Gasteiger partial charge in [-0.3, -0.25) is 10.1 Å². The highest BCUT2D eigenvalue weighted by Crippen LogP contribution is 2.06. The summed E-state index contributed by atoms with van der Waals surface area (Å²) in [5.74, 6) is 0. The summed E-state index contributed by atoms with van der Waals surface area (Å²) in [5, 5.41) is 12.8. The molecule has 0 aromatic heterocycles. The minimum absolute atomic E-state index is 0.182. The first-order chi connectivity index (χ1) is 7.61. The van der Waals surface area contributed by atoms with Crippen LogP contribution in [0.25, 0.3) is 0 Å². The molecule has 0 radical (unpaired) electrons. The molecule has 0 aliphatic rings. The van der Waals surface area contributed by atoms with Crippen LogP contribution in [0.2, 0.25) is 0 Å². The van der Waals surface area contributed by atoms with E-state index in [1.54, 1.807) is 27.7 Å². The molecule has 0 saturated carbocycles. The van der Waals surface area contributed by atoms with Gasteiger partial charge in [-0.25, -0.2) is 4.79 Å². The number of hydrogen-bond donors (Lipinski definition) is 1. The molecule has 0 aliphatic heterocycles. The minimum Gasteiger partial charge on any atom is -0.444 e. The molecule has 17 heavy (non-hydrogen) atoms. The number of hydrogen-bond acceptors (Lipinski definition) is 4. The van der Waals surface area contributed by atoms with Crippen LogP contribution in [0.15, 0.2) is 23.9 Å². The molecule has 6 nitrogen and oxygen atoms in total. The standard InChI is InChI=1S/C11H18N2O4/c1-8(6-9(2)13(15)16)7-12-10(14)17-11(3,4)5/h6H,2,7H2,1,3-5H3,(H,12,14)/b8-6+. The SMILES string of the molecule is C=C(/C=C(\C)CNC(=O)OC(C)(C)C)[N+](=O)[O-]. The molecule has 0 fully saturated rings. The van der Waals surface area contributed by atoms with Gasteiger partial charge in [-0.15, -0.1) is 0 Å². The molecule has 1 amide bonds. The Labute approximate surface area is 100 Å². The molecular formula is C11H18N2O4. The van der Waals surface area contributed by atoms with E-state index in [0.29, 0.717) is 5.57 Å². The highest BCUT2D eigenvalue weighted by atomic mass is 16.6. The highest BCUT2D eigenvalue weighted by molar-refractivity contribution is 5.68. The van der Waals surface area contributed by atoms with Gasteiger partial charge in [0, 0.05) is 12.6 Å². The third-order valence-electron chi connectivity index (χ3n) is 1.56. The lowest BCUT2D eigenvalue weighted by atomic mass is 10.2. The van der Waals surface area contributed by atoms with Gasteiger partial charge >= 0.3 is 6.09 Å². The first-order valence-electron chi connectivity index (χ1n) is 5.09. The van der Waals surface area contributed by atoms with Crippen LogP contribution in [0.3, 0.4) is 0 Å². The smallest absolute Gasteiger partial charge is 0.407 e. The Balaban J connectivity index is 4.17. The van der Waals surface area contributed by atoms with Gasteiger partial charge in [0.1, 0.15) is 5.60 Å². The van der Waals surface area contributed by atoms with Gasteiger partial charge in [0.2, 0.25) is 0 Å². The van der Waals surface area contributed by atoms with Gasteiger partial charge in [0.05, 0.1) is 4.92 Å². The molecule has 96 valence electrons. The second-order valence-electron chi connectivity index (χ2n) is 4.59. The number of carbonyl (C=O) groups is 1. The zero-order chi connectivity index (χ0) is 13.6. The van der Waals surface area contributed by atoms with Gasteiger partial charge in [-0.2, -0.15) is 0 Å². The Bertz CT molecular complexity index is 353. The predicted molar refractivity (Wildman–Crippen MR) is 64.1 cm³/mol. The van der Waals surface area contributed by atoms with Gasteiger partial charge in [-0.05, 0) is 39.8 Å². The molecule has 0 aliphatic carbocycles. The quantitative estimate of drug-likeness (QED) is 0.465. The minimum atomic E-state index is -0.586. The molecular weight excluding hydrogens is 224 g/mol. The van der Waals surface area contributed by atoms with E-state index >= 15 is 0 Å². The Morgan fingerprint density at radius 1 is 1.53 bits per heavy atom. The van der Waals surface area contributed by atoms with Gasteiger partial charge in [0.25, 0.3) is 5.70 Å². The van der Waals surface area contributed by atoms with Crippen LogP contribution in [0.5, 0.6) is 0 Å². The van der Waals surface area contributed by atoms with E-state index in [9.17, 15) is 14.9 Å². The van der Waals surface area contributed by atoms with Gasteiger partial charge in [-0.1, -0.05) is 0 Å². The van der Waals surface area contributed by atoms with E-state index in [-0.39, 0.29) is 12.2 Å². The Morgan fingerprint density at radius 2 is 2.06 bits per heavy atom. The lowest BCUT2D eigenvalue weighted by molar-refractivity contribution is -0.418. The zero-order valence-corrected chi connectivity index (χ0v) is 10.6. The molecule has 0 unspecified atom stereocenters. The van der Waals surface area contributed by atoms with Crippen molar-refractivity contribution in [1.29, 1.82) is 0 Å². The average Bonchev–Trinajstić information content (AvgIpc) is 2.11. The van der Waals surface area contributed by atoms with Crippen LogP contribution >= 0.6 is 0 Å². The fourth-order valence-electron chi connectivity index (χ4n) is 0.914. The first-order valence-corrected chi connectivity index (χ1v) is 5.09. The number of nitrogens with zero attached hydrogens (tertiary/aromatic N) is 1. The molecule has 0 rings (SSSR count). The van der Waals surface area contributed by atoms with Crippen LogP contribution in [0, 0.1) is 10.1 Å². The topological polar surface area (TPSA) is 81.5 Å². The van der Waals surface area contributed by atoms with E-state index < -0.39 is 16.6 Å². The number of allylic oxidation sites excluding steroid dienone is 1. The second-order valence-corrected chi connectivity index (χ2v) is 4.59. The molecule has 0 heterocycles. The van der Waals surface area contributed by atoms with Crippen molar-refractivity contribution in [3.63, 3.8) is 0 Å². The van der Waals surface area contributed by atoms with Crippen LogP contribution in [-0.2, 0) is 4.74 Å². The summed E-state index contributed by atoms with van der Waals surface area (Å²) in [6.07, 6.45) is 0.745. The van der Waals surface area contributed by atoms with E-state index in [4.69, 9.17) is 4.74 Å². The summed E-state index contributed by atoms with van der Waals surface area (Å²) in [4.78, 5) is 21.0. The van der Waals surface area contributed by atoms with Gasteiger partial charge in [0.15, 0.2) is 0 Å². The molecule has 0 bridgehead atoms. The lowest BCUT2D eigenvalue weighted by Crippen LogP contribution is -2.33. The maximum Gasteiger partial charge on any atom is 0.407 e. The first kappa shape index (κ1) is 15.2. The highest BCUT2D eigenvalue weighted by Gasteiger charge is 2.15. The monoisotopic (exact) mass is 242 g/mol. The van der Waals surface area contributed by atoms with E-state index in [0.717, 1.165) is 0 Å². The molecule has 1 N–H and O–H groups in total. The molecule has 0 saturated heterocycles. The molecule has 6 heteroatoms. The third kappa shape index (κ3) is 8.01. The molecule has 0 aromatic carbocycles. The van der Waals surface area contributed by atoms with Crippen molar-refractivity contribution in [2.24, 2.45) is 0 Å². The zero-order valence-electron chi connectivity index (χ0n) is 10.6. The fourth-order valence-corrected chi connectivity index (χ4v) is 0.914. The number of ether oxygens (including phenoxy) is 1. The number of amides is 1. The third-order valence-corrected chi connectivity index (χ3v) is 1.56. The van der Waals surface area contributed by atoms with Crippen molar-refractivity contribution in [1.82, 2.24) is 5.32 Å². The van der Waals surface area contributed by atoms with Crippen LogP contribution in [-0.4, -0.2) is 23.2 Å². The summed E-state index contributed by atoms with van der Waals surface area (Å²) in [6, 6.07) is 0. The predicted octanol–water partition coefficient (Wildman–Crippen LogP) is 2.25. The lowest BCUT2D eigenvalue weighted by Gasteiger charge is -2.19. The fraction of sp³-hybridized carbons (Fsp3) is 0.545. The number of carbonyl (C=O) groups excluding carboxylic acids is 1. The average molecular weight is 242 g/mol. The summed E-state index contributed by atoms with van der Waals surface area (Å²) in [6.45, 7) is 10.4. The number of rotatable bonds is 4. The summed E-state index contributed by atoms with van der Waals surface area (Å²) < 4.78 is 5.01. The Morgan fingerprint density at radius 3 is 2.47 bits per heavy atom. The van der Waals surface area contributed by atoms with Gasteiger partial charge < -0.3 is 10.1 Å². The number of nitrogens with one attached hydrogen (secondary N) is 1. The van der Waals surface area contributed by atoms with Crippen molar-refractivity contribution in [2.45, 2.75) is 33.3 Å². The number of alkyl carbamates (subject to hydrolysis) is 1. The van der Waals surface area contributed by atoms with Crippen molar-refractivity contribution in [3.05, 3.63) is 34.0 Å². The largest absolute Gasteiger partial charge is 0.444 e. The second kappa shape index (κ2) is 6.03. The molecule has 0 spiro atoms. The molecule has 0 aromatic rings. The summed E-state index contributed by atoms with van der Waals surface area (Å²) >= 11 is 0. The summed E-state index contributed by atoms with van der Waals surface area (Å²) in [5.41, 5.74) is -0.155. The van der Waals surface area contributed by atoms with E-state index in [2.05, 4.69) is 11.9 Å². The number of nitro groups is 1. The van der Waals surface area contributed by atoms with Crippen LogP contribution in [0.1, 0.15) is 27.7 Å². The maximum atomic E-state index is 11.3. The molecule has 0 atom stereocenters. The van der Waals surface area contributed by atoms with Crippen molar-refractivity contribution in [2.75, 3.05) is 6.54 Å². The Kier molecular flexibility index (Phi) is 5.37. The van der Waals surface area contributed by atoms with Crippen LogP contribution < -0.4 is 5.32 Å². The van der Waals surface area contributed by atoms with E-state index in [1.807, 2.05) is 0 Å². The van der Waals surface area contributed by atoms with Crippen molar-refractivity contribution in [3.8, 4) is 0 Å². The maximum absolute atomic E-state index is 11.3. The normalized spacial score (nSPS) is 11.9. The Hall–Kier alpha value is -1.85.